The lowest BCUT2D eigenvalue weighted by molar-refractivity contribution is 0.0691. The van der Waals surface area contributed by atoms with Crippen LogP contribution in [0.5, 0.6) is 0 Å². The first-order valence-corrected chi connectivity index (χ1v) is 6.98. The summed E-state index contributed by atoms with van der Waals surface area (Å²) in [5.74, 6) is 0.316. The maximum Gasteiger partial charge on any atom is 0.355 e. The van der Waals surface area contributed by atoms with E-state index in [2.05, 4.69) is 4.98 Å². The van der Waals surface area contributed by atoms with E-state index < -0.39 is 5.97 Å². The third-order valence-corrected chi connectivity index (χ3v) is 4.72. The predicted octanol–water partition coefficient (Wildman–Crippen LogP) is 2.67. The highest BCUT2D eigenvalue weighted by Crippen LogP contribution is 2.28. The summed E-state index contributed by atoms with van der Waals surface area (Å²) in [5, 5.41) is 12.0. The SMILES string of the molecule is O=C(O)c1csc(CC2CCCCS2)n1. The van der Waals surface area contributed by atoms with Crippen molar-refractivity contribution in [1.29, 1.82) is 0 Å². The maximum absolute atomic E-state index is 10.6. The van der Waals surface area contributed by atoms with Crippen LogP contribution in [0.15, 0.2) is 5.38 Å². The second-order valence-electron chi connectivity index (χ2n) is 3.62. The van der Waals surface area contributed by atoms with Crippen LogP contribution in [-0.2, 0) is 6.42 Å². The Morgan fingerprint density at radius 2 is 2.47 bits per heavy atom. The van der Waals surface area contributed by atoms with Gasteiger partial charge in [-0.15, -0.1) is 11.3 Å². The van der Waals surface area contributed by atoms with Gasteiger partial charge in [0.25, 0.3) is 0 Å². The molecule has 1 N–H and O–H groups in total. The fraction of sp³-hybridized carbons (Fsp3) is 0.600. The second kappa shape index (κ2) is 4.99. The van der Waals surface area contributed by atoms with Crippen LogP contribution in [0.25, 0.3) is 0 Å². The van der Waals surface area contributed by atoms with Gasteiger partial charge < -0.3 is 5.11 Å². The van der Waals surface area contributed by atoms with E-state index >= 15 is 0 Å². The first-order chi connectivity index (χ1) is 7.25. The number of rotatable bonds is 3. The van der Waals surface area contributed by atoms with Gasteiger partial charge in [-0.3, -0.25) is 0 Å². The van der Waals surface area contributed by atoms with E-state index in [1.165, 1.54) is 36.4 Å². The van der Waals surface area contributed by atoms with Crippen molar-refractivity contribution in [2.75, 3.05) is 5.75 Å². The van der Waals surface area contributed by atoms with Gasteiger partial charge in [0.15, 0.2) is 5.69 Å². The van der Waals surface area contributed by atoms with Crippen molar-refractivity contribution in [3.05, 3.63) is 16.1 Å². The van der Waals surface area contributed by atoms with Crippen LogP contribution < -0.4 is 0 Å². The smallest absolute Gasteiger partial charge is 0.355 e. The molecule has 0 aliphatic carbocycles. The normalized spacial score (nSPS) is 21.5. The van der Waals surface area contributed by atoms with Crippen LogP contribution in [0.4, 0.5) is 0 Å². The minimum absolute atomic E-state index is 0.191. The van der Waals surface area contributed by atoms with Gasteiger partial charge in [0, 0.05) is 17.1 Å². The monoisotopic (exact) mass is 243 g/mol. The molecule has 5 heteroatoms. The zero-order valence-corrected chi connectivity index (χ0v) is 9.94. The number of aromatic nitrogens is 1. The lowest BCUT2D eigenvalue weighted by Crippen LogP contribution is -2.12. The molecule has 0 aromatic carbocycles. The molecule has 0 saturated carbocycles. The topological polar surface area (TPSA) is 50.2 Å². The van der Waals surface area contributed by atoms with Crippen LogP contribution in [0.2, 0.25) is 0 Å². The van der Waals surface area contributed by atoms with Crippen molar-refractivity contribution in [3.8, 4) is 0 Å². The van der Waals surface area contributed by atoms with Gasteiger partial charge in [-0.25, -0.2) is 9.78 Å². The molecule has 1 aromatic heterocycles. The number of carboxylic acids is 1. The van der Waals surface area contributed by atoms with E-state index in [9.17, 15) is 4.79 Å². The van der Waals surface area contributed by atoms with Gasteiger partial charge in [-0.1, -0.05) is 6.42 Å². The molecule has 0 amide bonds. The summed E-state index contributed by atoms with van der Waals surface area (Å²) in [5.41, 5.74) is 0.191. The third-order valence-electron chi connectivity index (χ3n) is 2.45. The first-order valence-electron chi connectivity index (χ1n) is 5.05. The van der Waals surface area contributed by atoms with Crippen molar-refractivity contribution in [2.45, 2.75) is 30.9 Å². The standard InChI is InChI=1S/C10H13NO2S2/c12-10(13)8-6-15-9(11-8)5-7-3-1-2-4-14-7/h6-7H,1-5H2,(H,12,13). The summed E-state index contributed by atoms with van der Waals surface area (Å²) < 4.78 is 0. The highest BCUT2D eigenvalue weighted by molar-refractivity contribution is 7.99. The summed E-state index contributed by atoms with van der Waals surface area (Å²) in [4.78, 5) is 14.8. The molecule has 0 spiro atoms. The Balaban J connectivity index is 1.94. The lowest BCUT2D eigenvalue weighted by Gasteiger charge is -2.19. The van der Waals surface area contributed by atoms with E-state index in [-0.39, 0.29) is 5.69 Å². The van der Waals surface area contributed by atoms with E-state index in [4.69, 9.17) is 5.11 Å². The molecule has 0 bridgehead atoms. The van der Waals surface area contributed by atoms with Crippen LogP contribution in [0.1, 0.15) is 34.8 Å². The van der Waals surface area contributed by atoms with Crippen LogP contribution in [0.3, 0.4) is 0 Å². The zero-order valence-electron chi connectivity index (χ0n) is 8.31. The van der Waals surface area contributed by atoms with Crippen molar-refractivity contribution in [1.82, 2.24) is 4.98 Å². The average molecular weight is 243 g/mol. The van der Waals surface area contributed by atoms with E-state index in [1.807, 2.05) is 11.8 Å². The minimum atomic E-state index is -0.922. The molecule has 1 aliphatic heterocycles. The summed E-state index contributed by atoms with van der Waals surface area (Å²) in [6.07, 6.45) is 4.80. The lowest BCUT2D eigenvalue weighted by atomic mass is 10.1. The molecule has 2 rings (SSSR count). The van der Waals surface area contributed by atoms with E-state index in [0.717, 1.165) is 11.4 Å². The molecule has 3 nitrogen and oxygen atoms in total. The first kappa shape index (κ1) is 11.0. The van der Waals surface area contributed by atoms with Crippen molar-refractivity contribution >= 4 is 29.1 Å². The molecule has 1 fully saturated rings. The van der Waals surface area contributed by atoms with Crippen LogP contribution >= 0.6 is 23.1 Å². The highest BCUT2D eigenvalue weighted by Gasteiger charge is 2.17. The number of carbonyl (C=O) groups is 1. The minimum Gasteiger partial charge on any atom is -0.476 e. The molecule has 1 aromatic rings. The molecule has 1 unspecified atom stereocenters. The summed E-state index contributed by atoms with van der Waals surface area (Å²) in [6.45, 7) is 0. The van der Waals surface area contributed by atoms with Gasteiger partial charge in [-0.05, 0) is 18.6 Å². The Morgan fingerprint density at radius 1 is 1.60 bits per heavy atom. The number of thiazole rings is 1. The van der Waals surface area contributed by atoms with Crippen molar-refractivity contribution in [2.24, 2.45) is 0 Å². The quantitative estimate of drug-likeness (QED) is 0.886. The number of carboxylic acid groups (broad SMARTS) is 1. The molecule has 1 atom stereocenters. The molecule has 1 aliphatic rings. The zero-order chi connectivity index (χ0) is 10.7. The Hall–Kier alpha value is -0.550. The van der Waals surface area contributed by atoms with E-state index in [1.54, 1.807) is 5.38 Å². The van der Waals surface area contributed by atoms with Gasteiger partial charge in [-0.2, -0.15) is 11.8 Å². The van der Waals surface area contributed by atoms with Crippen LogP contribution in [-0.4, -0.2) is 27.1 Å². The predicted molar refractivity (Wildman–Crippen MR) is 62.9 cm³/mol. The van der Waals surface area contributed by atoms with Crippen molar-refractivity contribution < 1.29 is 9.90 Å². The molecular weight excluding hydrogens is 230 g/mol. The van der Waals surface area contributed by atoms with Gasteiger partial charge in [0.1, 0.15) is 0 Å². The summed E-state index contributed by atoms with van der Waals surface area (Å²) in [6, 6.07) is 0. The van der Waals surface area contributed by atoms with E-state index in [0.29, 0.717) is 5.25 Å². The molecule has 2 heterocycles. The number of nitrogens with zero attached hydrogens (tertiary/aromatic N) is 1. The number of thioether (sulfide) groups is 1. The third kappa shape index (κ3) is 2.95. The van der Waals surface area contributed by atoms with Gasteiger partial charge in [0.2, 0.25) is 0 Å². The summed E-state index contributed by atoms with van der Waals surface area (Å²) >= 11 is 3.46. The number of hydrogen-bond acceptors (Lipinski definition) is 4. The highest BCUT2D eigenvalue weighted by atomic mass is 32.2. The molecule has 1 saturated heterocycles. The Labute approximate surface area is 96.9 Å². The average Bonchev–Trinajstić information content (AvgIpc) is 2.68. The fourth-order valence-electron chi connectivity index (χ4n) is 1.67. The number of aromatic carboxylic acids is 1. The summed E-state index contributed by atoms with van der Waals surface area (Å²) in [7, 11) is 0. The fourth-order valence-corrected chi connectivity index (χ4v) is 3.93. The Kier molecular flexibility index (Phi) is 3.64. The second-order valence-corrected chi connectivity index (χ2v) is 5.98. The Morgan fingerprint density at radius 3 is 3.07 bits per heavy atom. The molecule has 82 valence electrons. The molecular formula is C10H13NO2S2. The Bertz CT molecular complexity index is 345. The van der Waals surface area contributed by atoms with Gasteiger partial charge in [0.05, 0.1) is 5.01 Å². The van der Waals surface area contributed by atoms with Gasteiger partial charge >= 0.3 is 5.97 Å². The molecule has 0 radical (unpaired) electrons. The largest absolute Gasteiger partial charge is 0.476 e. The van der Waals surface area contributed by atoms with Crippen LogP contribution in [0, 0.1) is 0 Å². The molecule has 15 heavy (non-hydrogen) atoms. The number of hydrogen-bond donors (Lipinski definition) is 1. The maximum atomic E-state index is 10.6. The van der Waals surface area contributed by atoms with Crippen molar-refractivity contribution in [3.63, 3.8) is 0 Å².